The van der Waals surface area contributed by atoms with Gasteiger partial charge in [0.15, 0.2) is 0 Å². The van der Waals surface area contributed by atoms with E-state index in [1.165, 1.54) is 0 Å². The maximum atomic E-state index is 11.2. The molecular formula is C12H18N2O2S. The van der Waals surface area contributed by atoms with Crippen LogP contribution in [0.15, 0.2) is 18.2 Å². The summed E-state index contributed by atoms with van der Waals surface area (Å²) in [5.41, 5.74) is 11.7. The third-order valence-corrected chi connectivity index (χ3v) is 3.15. The normalized spacial score (nSPS) is 10.2. The Morgan fingerprint density at radius 1 is 1.47 bits per heavy atom. The summed E-state index contributed by atoms with van der Waals surface area (Å²) in [6.45, 7) is 2.70. The first-order valence-electron chi connectivity index (χ1n) is 5.55. The summed E-state index contributed by atoms with van der Waals surface area (Å²) in [6, 6.07) is 4.92. The number of anilines is 1. The van der Waals surface area contributed by atoms with Crippen LogP contribution in [0.3, 0.4) is 0 Å². The molecule has 17 heavy (non-hydrogen) atoms. The summed E-state index contributed by atoms with van der Waals surface area (Å²) in [5.74, 6) is 2.15. The van der Waals surface area contributed by atoms with Crippen molar-refractivity contribution in [2.75, 3.05) is 23.8 Å². The molecule has 0 spiro atoms. The first-order chi connectivity index (χ1) is 8.15. The van der Waals surface area contributed by atoms with E-state index in [1.807, 2.05) is 11.8 Å². The molecular weight excluding hydrogens is 236 g/mol. The van der Waals surface area contributed by atoms with Crippen LogP contribution in [0.1, 0.15) is 23.7 Å². The van der Waals surface area contributed by atoms with Crippen LogP contribution in [0.4, 0.5) is 5.69 Å². The highest BCUT2D eigenvalue weighted by molar-refractivity contribution is 7.99. The number of hydrogen-bond donors (Lipinski definition) is 2. The zero-order chi connectivity index (χ0) is 12.7. The van der Waals surface area contributed by atoms with Crippen molar-refractivity contribution in [3.63, 3.8) is 0 Å². The number of thioether (sulfide) groups is 1. The number of carbonyl (C=O) groups is 1. The molecule has 0 bridgehead atoms. The van der Waals surface area contributed by atoms with Gasteiger partial charge in [0.25, 0.3) is 5.91 Å². The molecule has 1 amide bonds. The SMILES string of the molecule is CCSCCCOc1ccc(N)cc1C(N)=O. The number of amides is 1. The van der Waals surface area contributed by atoms with Crippen LogP contribution in [-0.4, -0.2) is 24.0 Å². The number of benzene rings is 1. The van der Waals surface area contributed by atoms with Gasteiger partial charge < -0.3 is 16.2 Å². The molecule has 0 aliphatic heterocycles. The van der Waals surface area contributed by atoms with E-state index in [4.69, 9.17) is 16.2 Å². The van der Waals surface area contributed by atoms with Crippen LogP contribution in [0.25, 0.3) is 0 Å². The van der Waals surface area contributed by atoms with Crippen molar-refractivity contribution < 1.29 is 9.53 Å². The highest BCUT2D eigenvalue weighted by atomic mass is 32.2. The minimum absolute atomic E-state index is 0.341. The molecule has 0 radical (unpaired) electrons. The molecule has 1 aromatic carbocycles. The van der Waals surface area contributed by atoms with Gasteiger partial charge in [-0.25, -0.2) is 0 Å². The fourth-order valence-corrected chi connectivity index (χ4v) is 1.96. The third-order valence-electron chi connectivity index (χ3n) is 2.16. The molecule has 0 aliphatic rings. The number of nitrogens with two attached hydrogens (primary N) is 2. The Labute approximate surface area is 106 Å². The quantitative estimate of drug-likeness (QED) is 0.575. The van der Waals surface area contributed by atoms with Gasteiger partial charge in [-0.15, -0.1) is 0 Å². The number of primary amides is 1. The lowest BCUT2D eigenvalue weighted by Gasteiger charge is -2.09. The van der Waals surface area contributed by atoms with E-state index in [1.54, 1.807) is 18.2 Å². The topological polar surface area (TPSA) is 78.3 Å². The maximum Gasteiger partial charge on any atom is 0.252 e. The third kappa shape index (κ3) is 4.56. The van der Waals surface area contributed by atoms with E-state index < -0.39 is 5.91 Å². The lowest BCUT2D eigenvalue weighted by molar-refractivity contribution is 0.0996. The van der Waals surface area contributed by atoms with Crippen molar-refractivity contribution in [1.82, 2.24) is 0 Å². The summed E-state index contributed by atoms with van der Waals surface area (Å²) < 4.78 is 5.53. The van der Waals surface area contributed by atoms with Gasteiger partial charge in [0, 0.05) is 5.69 Å². The summed E-state index contributed by atoms with van der Waals surface area (Å²) >= 11 is 1.86. The van der Waals surface area contributed by atoms with Crippen molar-refractivity contribution in [1.29, 1.82) is 0 Å². The highest BCUT2D eigenvalue weighted by Crippen LogP contribution is 2.21. The van der Waals surface area contributed by atoms with Crippen LogP contribution >= 0.6 is 11.8 Å². The van der Waals surface area contributed by atoms with Crippen molar-refractivity contribution in [3.05, 3.63) is 23.8 Å². The lowest BCUT2D eigenvalue weighted by atomic mass is 10.1. The van der Waals surface area contributed by atoms with Crippen LogP contribution in [0.5, 0.6) is 5.75 Å². The van der Waals surface area contributed by atoms with Crippen molar-refractivity contribution >= 4 is 23.4 Å². The van der Waals surface area contributed by atoms with Crippen LogP contribution in [-0.2, 0) is 0 Å². The molecule has 0 atom stereocenters. The number of hydrogen-bond acceptors (Lipinski definition) is 4. The molecule has 0 aromatic heterocycles. The van der Waals surface area contributed by atoms with Crippen molar-refractivity contribution in [3.8, 4) is 5.75 Å². The fourth-order valence-electron chi connectivity index (χ4n) is 1.35. The summed E-state index contributed by atoms with van der Waals surface area (Å²) in [7, 11) is 0. The summed E-state index contributed by atoms with van der Waals surface area (Å²) in [4.78, 5) is 11.2. The van der Waals surface area contributed by atoms with E-state index >= 15 is 0 Å². The Balaban J connectivity index is 2.55. The molecule has 0 fully saturated rings. The predicted molar refractivity (Wildman–Crippen MR) is 72.5 cm³/mol. The van der Waals surface area contributed by atoms with Crippen LogP contribution in [0.2, 0.25) is 0 Å². The molecule has 5 heteroatoms. The fraction of sp³-hybridized carbons (Fsp3) is 0.417. The molecule has 0 heterocycles. The van der Waals surface area contributed by atoms with Crippen molar-refractivity contribution in [2.24, 2.45) is 5.73 Å². The number of carbonyl (C=O) groups excluding carboxylic acids is 1. The van der Waals surface area contributed by atoms with Gasteiger partial charge in [-0.1, -0.05) is 6.92 Å². The number of nitrogen functional groups attached to an aromatic ring is 1. The van der Waals surface area contributed by atoms with Gasteiger partial charge in [0.2, 0.25) is 0 Å². The molecule has 0 saturated heterocycles. The van der Waals surface area contributed by atoms with Gasteiger partial charge in [0.05, 0.1) is 12.2 Å². The van der Waals surface area contributed by atoms with Gasteiger partial charge in [0.1, 0.15) is 5.75 Å². The molecule has 94 valence electrons. The Hall–Kier alpha value is -1.36. The van der Waals surface area contributed by atoms with Gasteiger partial charge >= 0.3 is 0 Å². The summed E-state index contributed by atoms with van der Waals surface area (Å²) in [5, 5.41) is 0. The molecule has 1 aromatic rings. The first kappa shape index (κ1) is 13.7. The van der Waals surface area contributed by atoms with Gasteiger partial charge in [-0.05, 0) is 36.1 Å². The highest BCUT2D eigenvalue weighted by Gasteiger charge is 2.09. The average molecular weight is 254 g/mol. The van der Waals surface area contributed by atoms with E-state index in [-0.39, 0.29) is 0 Å². The number of rotatable bonds is 7. The van der Waals surface area contributed by atoms with Gasteiger partial charge in [-0.3, -0.25) is 4.79 Å². The Morgan fingerprint density at radius 2 is 2.24 bits per heavy atom. The van der Waals surface area contributed by atoms with Crippen LogP contribution in [0, 0.1) is 0 Å². The monoisotopic (exact) mass is 254 g/mol. The maximum absolute atomic E-state index is 11.2. The largest absolute Gasteiger partial charge is 0.493 e. The standard InChI is InChI=1S/C12H18N2O2S/c1-2-17-7-3-6-16-11-5-4-9(13)8-10(11)12(14)15/h4-5,8H,2-3,6-7,13H2,1H3,(H2,14,15). The Bertz CT molecular complexity index is 383. The molecule has 1 rings (SSSR count). The van der Waals surface area contributed by atoms with Crippen LogP contribution < -0.4 is 16.2 Å². The number of ether oxygens (including phenoxy) is 1. The van der Waals surface area contributed by atoms with Gasteiger partial charge in [-0.2, -0.15) is 11.8 Å². The minimum Gasteiger partial charge on any atom is -0.493 e. The zero-order valence-corrected chi connectivity index (χ0v) is 10.8. The Kier molecular flexibility index (Phi) is 5.69. The van der Waals surface area contributed by atoms with E-state index in [0.29, 0.717) is 23.6 Å². The molecule has 4 N–H and O–H groups in total. The molecule has 0 aliphatic carbocycles. The van der Waals surface area contributed by atoms with E-state index in [0.717, 1.165) is 17.9 Å². The predicted octanol–water partition coefficient (Wildman–Crippen LogP) is 1.89. The molecule has 0 unspecified atom stereocenters. The Morgan fingerprint density at radius 3 is 2.88 bits per heavy atom. The first-order valence-corrected chi connectivity index (χ1v) is 6.70. The second-order valence-corrected chi connectivity index (χ2v) is 4.91. The molecule has 4 nitrogen and oxygen atoms in total. The average Bonchev–Trinajstić information content (AvgIpc) is 2.30. The second-order valence-electron chi connectivity index (χ2n) is 3.52. The van der Waals surface area contributed by atoms with E-state index in [9.17, 15) is 4.79 Å². The molecule has 0 saturated carbocycles. The van der Waals surface area contributed by atoms with E-state index in [2.05, 4.69) is 6.92 Å². The van der Waals surface area contributed by atoms with Crippen molar-refractivity contribution in [2.45, 2.75) is 13.3 Å². The smallest absolute Gasteiger partial charge is 0.252 e. The second kappa shape index (κ2) is 7.06. The zero-order valence-electron chi connectivity index (χ0n) is 9.94. The lowest BCUT2D eigenvalue weighted by Crippen LogP contribution is -2.14. The minimum atomic E-state index is -0.518. The summed E-state index contributed by atoms with van der Waals surface area (Å²) in [6.07, 6.45) is 0.946.